The maximum atomic E-state index is 12.0. The molecule has 0 fully saturated rings. The highest BCUT2D eigenvalue weighted by molar-refractivity contribution is 7.92. The molecule has 0 aromatic heterocycles. The maximum Gasteiger partial charge on any atom is 0.307 e. The highest BCUT2D eigenvalue weighted by atomic mass is 35.5. The minimum Gasteiger partial charge on any atom is -0.460 e. The van der Waals surface area contributed by atoms with Crippen LogP contribution in [-0.4, -0.2) is 36.8 Å². The molecule has 0 radical (unpaired) electrons. The van der Waals surface area contributed by atoms with Gasteiger partial charge in [0.2, 0.25) is 10.0 Å². The predicted molar refractivity (Wildman–Crippen MR) is 91.8 cm³/mol. The van der Waals surface area contributed by atoms with Crippen LogP contribution in [0.25, 0.3) is 0 Å². The Balaban J connectivity index is 2.76. The summed E-state index contributed by atoms with van der Waals surface area (Å²) < 4.78 is 31.4. The maximum absolute atomic E-state index is 12.0. The number of halogens is 1. The van der Waals surface area contributed by atoms with Gasteiger partial charge in [-0.3, -0.25) is 9.52 Å². The van der Waals surface area contributed by atoms with Crippen LogP contribution in [-0.2, 0) is 19.6 Å². The van der Waals surface area contributed by atoms with Crippen LogP contribution in [0, 0.1) is 0 Å². The fraction of sp³-hybridized carbons (Fsp3) is 0.429. The van der Waals surface area contributed by atoms with Gasteiger partial charge in [-0.2, -0.15) is 0 Å². The van der Waals surface area contributed by atoms with Gasteiger partial charge in [0.05, 0.1) is 22.9 Å². The molecule has 1 aromatic rings. The van der Waals surface area contributed by atoms with Crippen molar-refractivity contribution in [3.8, 4) is 0 Å². The first-order chi connectivity index (χ1) is 10.9. The average molecular weight is 378 g/mol. The number of hydrogen-bond donors (Lipinski definition) is 3. The predicted octanol–water partition coefficient (Wildman–Crippen LogP) is 1.91. The van der Waals surface area contributed by atoms with Gasteiger partial charge in [-0.1, -0.05) is 16.8 Å². The van der Waals surface area contributed by atoms with Crippen molar-refractivity contribution in [2.75, 3.05) is 10.5 Å². The van der Waals surface area contributed by atoms with Crippen LogP contribution >= 0.6 is 11.6 Å². The lowest BCUT2D eigenvalue weighted by Gasteiger charge is -2.19. The van der Waals surface area contributed by atoms with Crippen LogP contribution in [0.5, 0.6) is 0 Å². The van der Waals surface area contributed by atoms with Crippen molar-refractivity contribution in [2.24, 2.45) is 10.9 Å². The molecular formula is C14H20ClN3O5S. The smallest absolute Gasteiger partial charge is 0.307 e. The van der Waals surface area contributed by atoms with Crippen LogP contribution in [0.15, 0.2) is 23.4 Å². The van der Waals surface area contributed by atoms with E-state index in [-0.39, 0.29) is 23.0 Å². The zero-order valence-corrected chi connectivity index (χ0v) is 15.1. The number of oxime groups is 1. The Kier molecular flexibility index (Phi) is 6.44. The lowest BCUT2D eigenvalue weighted by atomic mass is 10.2. The van der Waals surface area contributed by atoms with E-state index < -0.39 is 27.3 Å². The first-order valence-corrected chi connectivity index (χ1v) is 8.96. The van der Waals surface area contributed by atoms with Crippen LogP contribution in [0.4, 0.5) is 5.69 Å². The number of anilines is 1. The Labute approximate surface area is 145 Å². The van der Waals surface area contributed by atoms with E-state index in [1.165, 1.54) is 18.2 Å². The minimum absolute atomic E-state index is 0.0694. The van der Waals surface area contributed by atoms with Crippen molar-refractivity contribution < 1.29 is 23.2 Å². The van der Waals surface area contributed by atoms with Gasteiger partial charge >= 0.3 is 5.97 Å². The fourth-order valence-corrected chi connectivity index (χ4v) is 2.98. The Bertz CT molecular complexity index is 741. The van der Waals surface area contributed by atoms with E-state index in [1.807, 2.05) is 0 Å². The summed E-state index contributed by atoms with van der Waals surface area (Å²) in [5, 5.41) is 11.5. The van der Waals surface area contributed by atoms with E-state index in [2.05, 4.69) is 9.88 Å². The largest absolute Gasteiger partial charge is 0.460 e. The van der Waals surface area contributed by atoms with E-state index in [0.717, 1.165) is 0 Å². The standard InChI is InChI=1S/C14H20ClN3O5S/c1-14(2,3)23-12(19)6-7-24(21,22)18-11-5-4-9(8-10(11)15)13(16)17-20/h4-5,8,18,20H,6-7H2,1-3H3,(H2,16,17). The number of sulfonamides is 1. The van der Waals surface area contributed by atoms with E-state index in [9.17, 15) is 13.2 Å². The number of nitrogens with zero attached hydrogens (tertiary/aromatic N) is 1. The van der Waals surface area contributed by atoms with Crippen molar-refractivity contribution in [2.45, 2.75) is 32.8 Å². The summed E-state index contributed by atoms with van der Waals surface area (Å²) in [5.74, 6) is -1.21. The summed E-state index contributed by atoms with van der Waals surface area (Å²) in [6.07, 6.45) is -0.285. The van der Waals surface area contributed by atoms with Crippen molar-refractivity contribution in [3.63, 3.8) is 0 Å². The van der Waals surface area contributed by atoms with Gasteiger partial charge in [0.15, 0.2) is 5.84 Å². The number of amidine groups is 1. The molecule has 0 aliphatic carbocycles. The summed E-state index contributed by atoms with van der Waals surface area (Å²) >= 11 is 5.98. The van der Waals surface area contributed by atoms with E-state index >= 15 is 0 Å². The van der Waals surface area contributed by atoms with Crippen LogP contribution in [0.3, 0.4) is 0 Å². The Morgan fingerprint density at radius 3 is 2.54 bits per heavy atom. The lowest BCUT2D eigenvalue weighted by molar-refractivity contribution is -0.154. The molecule has 4 N–H and O–H groups in total. The number of esters is 1. The quantitative estimate of drug-likeness (QED) is 0.228. The van der Waals surface area contributed by atoms with E-state index in [0.29, 0.717) is 5.56 Å². The molecule has 0 heterocycles. The number of nitrogens with two attached hydrogens (primary N) is 1. The summed E-state index contributed by atoms with van der Waals surface area (Å²) in [4.78, 5) is 11.6. The Morgan fingerprint density at radius 1 is 1.42 bits per heavy atom. The molecule has 0 amide bonds. The molecule has 0 saturated carbocycles. The second-order valence-corrected chi connectivity index (χ2v) is 8.19. The van der Waals surface area contributed by atoms with E-state index in [1.54, 1.807) is 20.8 Å². The van der Waals surface area contributed by atoms with Gasteiger partial charge in [0, 0.05) is 5.56 Å². The fourth-order valence-electron chi connectivity index (χ4n) is 1.64. The summed E-state index contributed by atoms with van der Waals surface area (Å²) in [6.45, 7) is 5.08. The average Bonchev–Trinajstić information content (AvgIpc) is 2.44. The van der Waals surface area contributed by atoms with Gasteiger partial charge < -0.3 is 15.7 Å². The molecule has 1 aromatic carbocycles. The van der Waals surface area contributed by atoms with Crippen molar-refractivity contribution >= 4 is 39.1 Å². The SMILES string of the molecule is CC(C)(C)OC(=O)CCS(=O)(=O)Nc1ccc(/C(N)=N/O)cc1Cl. The first-order valence-electron chi connectivity index (χ1n) is 6.93. The summed E-state index contributed by atoms with van der Waals surface area (Å²) in [7, 11) is -3.79. The molecule has 10 heteroatoms. The number of carbonyl (C=O) groups is 1. The molecule has 0 aliphatic rings. The minimum atomic E-state index is -3.79. The van der Waals surface area contributed by atoms with Gasteiger partial charge in [-0.05, 0) is 39.0 Å². The third-order valence-corrected chi connectivity index (χ3v) is 4.22. The molecular weight excluding hydrogens is 358 g/mol. The summed E-state index contributed by atoms with van der Waals surface area (Å²) in [6, 6.07) is 4.16. The molecule has 8 nitrogen and oxygen atoms in total. The van der Waals surface area contributed by atoms with Gasteiger partial charge in [-0.15, -0.1) is 0 Å². The molecule has 0 saturated heterocycles. The second kappa shape index (κ2) is 7.71. The molecule has 24 heavy (non-hydrogen) atoms. The zero-order chi connectivity index (χ0) is 18.5. The second-order valence-electron chi connectivity index (χ2n) is 5.94. The van der Waals surface area contributed by atoms with Crippen molar-refractivity contribution in [3.05, 3.63) is 28.8 Å². The summed E-state index contributed by atoms with van der Waals surface area (Å²) in [5.41, 5.74) is 5.20. The van der Waals surface area contributed by atoms with Gasteiger partial charge in [0.1, 0.15) is 5.60 Å². The molecule has 134 valence electrons. The number of carbonyl (C=O) groups excluding carboxylic acids is 1. The highest BCUT2D eigenvalue weighted by Crippen LogP contribution is 2.24. The number of ether oxygens (including phenoxy) is 1. The third-order valence-electron chi connectivity index (χ3n) is 2.63. The molecule has 0 spiro atoms. The Hall–Kier alpha value is -2.00. The molecule has 0 aliphatic heterocycles. The molecule has 0 unspecified atom stereocenters. The number of rotatable bonds is 6. The highest BCUT2D eigenvalue weighted by Gasteiger charge is 2.20. The normalized spacial score (nSPS) is 12.8. The van der Waals surface area contributed by atoms with Gasteiger partial charge in [-0.25, -0.2) is 8.42 Å². The number of benzene rings is 1. The number of nitrogens with one attached hydrogen (secondary N) is 1. The van der Waals surface area contributed by atoms with Crippen LogP contribution in [0.1, 0.15) is 32.8 Å². The zero-order valence-electron chi connectivity index (χ0n) is 13.5. The van der Waals surface area contributed by atoms with E-state index in [4.69, 9.17) is 27.3 Å². The number of hydrogen-bond acceptors (Lipinski definition) is 6. The lowest BCUT2D eigenvalue weighted by Crippen LogP contribution is -2.26. The Morgan fingerprint density at radius 2 is 2.04 bits per heavy atom. The van der Waals surface area contributed by atoms with Crippen molar-refractivity contribution in [1.82, 2.24) is 0 Å². The monoisotopic (exact) mass is 377 g/mol. The van der Waals surface area contributed by atoms with Gasteiger partial charge in [0.25, 0.3) is 0 Å². The molecule has 0 atom stereocenters. The third kappa shape index (κ3) is 6.63. The van der Waals surface area contributed by atoms with Crippen LogP contribution < -0.4 is 10.5 Å². The topological polar surface area (TPSA) is 131 Å². The first kappa shape index (κ1) is 20.0. The molecule has 1 rings (SSSR count). The van der Waals surface area contributed by atoms with Crippen molar-refractivity contribution in [1.29, 1.82) is 0 Å². The molecule has 0 bridgehead atoms. The van der Waals surface area contributed by atoms with Crippen LogP contribution in [0.2, 0.25) is 5.02 Å².